The molecular formula is C12H24O. The van der Waals surface area contributed by atoms with Gasteiger partial charge in [-0.1, -0.05) is 25.5 Å². The molecule has 0 saturated heterocycles. The van der Waals surface area contributed by atoms with Crippen LogP contribution >= 0.6 is 0 Å². The highest BCUT2D eigenvalue weighted by Gasteiger charge is 2.01. The minimum Gasteiger partial charge on any atom is -0.381 e. The van der Waals surface area contributed by atoms with Crippen LogP contribution in [-0.4, -0.2) is 13.2 Å². The Hall–Kier alpha value is -0.300. The van der Waals surface area contributed by atoms with Gasteiger partial charge in [0, 0.05) is 13.2 Å². The van der Waals surface area contributed by atoms with Crippen molar-refractivity contribution >= 4 is 0 Å². The van der Waals surface area contributed by atoms with Gasteiger partial charge in [0.2, 0.25) is 0 Å². The van der Waals surface area contributed by atoms with Gasteiger partial charge in [0.25, 0.3) is 0 Å². The van der Waals surface area contributed by atoms with Crippen LogP contribution in [0.5, 0.6) is 0 Å². The van der Waals surface area contributed by atoms with E-state index in [-0.39, 0.29) is 0 Å². The fourth-order valence-electron chi connectivity index (χ4n) is 1.13. The van der Waals surface area contributed by atoms with Gasteiger partial charge in [-0.3, -0.25) is 0 Å². The maximum atomic E-state index is 5.49. The highest BCUT2D eigenvalue weighted by atomic mass is 16.5. The Kier molecular flexibility index (Phi) is 8.11. The van der Waals surface area contributed by atoms with Gasteiger partial charge in [0.05, 0.1) is 0 Å². The van der Waals surface area contributed by atoms with Crippen LogP contribution in [0.1, 0.15) is 47.0 Å². The van der Waals surface area contributed by atoms with E-state index >= 15 is 0 Å². The smallest absolute Gasteiger partial charge is 0.0491 e. The summed E-state index contributed by atoms with van der Waals surface area (Å²) in [4.78, 5) is 0. The fourth-order valence-corrected chi connectivity index (χ4v) is 1.13. The summed E-state index contributed by atoms with van der Waals surface area (Å²) in [6, 6.07) is 0. The summed E-state index contributed by atoms with van der Waals surface area (Å²) in [5.41, 5.74) is 1.49. The normalized spacial score (nSPS) is 14.6. The van der Waals surface area contributed by atoms with E-state index in [0.29, 0.717) is 5.92 Å². The Balaban J connectivity index is 3.34. The molecule has 1 unspecified atom stereocenters. The first-order valence-electron chi connectivity index (χ1n) is 5.40. The van der Waals surface area contributed by atoms with Crippen LogP contribution in [0.2, 0.25) is 0 Å². The van der Waals surface area contributed by atoms with E-state index in [1.807, 2.05) is 0 Å². The maximum Gasteiger partial charge on any atom is 0.0491 e. The second-order valence-corrected chi connectivity index (χ2v) is 3.85. The number of hydrogen-bond donors (Lipinski definition) is 0. The van der Waals surface area contributed by atoms with Crippen LogP contribution in [-0.2, 0) is 4.74 Å². The van der Waals surface area contributed by atoms with Gasteiger partial charge in [-0.2, -0.15) is 0 Å². The molecule has 0 radical (unpaired) electrons. The van der Waals surface area contributed by atoms with Crippen molar-refractivity contribution in [2.75, 3.05) is 13.2 Å². The highest BCUT2D eigenvalue weighted by molar-refractivity contribution is 4.95. The first kappa shape index (κ1) is 12.7. The summed E-state index contributed by atoms with van der Waals surface area (Å²) < 4.78 is 5.49. The molecule has 1 heteroatoms. The highest BCUT2D eigenvalue weighted by Crippen LogP contribution is 2.11. The van der Waals surface area contributed by atoms with Crippen molar-refractivity contribution < 1.29 is 4.74 Å². The quantitative estimate of drug-likeness (QED) is 0.432. The standard InChI is InChI=1S/C12H24O/c1-5-9-13-10-12(4)8-7-11(3)6-2/h6,12H,5,7-10H2,1-4H3. The first-order chi connectivity index (χ1) is 6.20. The lowest BCUT2D eigenvalue weighted by Gasteiger charge is -2.11. The molecule has 0 N–H and O–H groups in total. The van der Waals surface area contributed by atoms with Crippen molar-refractivity contribution in [2.24, 2.45) is 5.92 Å². The number of rotatable bonds is 7. The summed E-state index contributed by atoms with van der Waals surface area (Å²) in [5, 5.41) is 0. The SMILES string of the molecule is CC=C(C)CCC(C)COCCC. The van der Waals surface area contributed by atoms with Crippen molar-refractivity contribution in [3.63, 3.8) is 0 Å². The van der Waals surface area contributed by atoms with E-state index < -0.39 is 0 Å². The lowest BCUT2D eigenvalue weighted by molar-refractivity contribution is 0.103. The van der Waals surface area contributed by atoms with E-state index in [1.165, 1.54) is 18.4 Å². The molecule has 0 aromatic carbocycles. The van der Waals surface area contributed by atoms with Crippen molar-refractivity contribution in [3.8, 4) is 0 Å². The minimum absolute atomic E-state index is 0.696. The second kappa shape index (κ2) is 8.31. The molecule has 0 fully saturated rings. The van der Waals surface area contributed by atoms with E-state index in [4.69, 9.17) is 4.74 Å². The Labute approximate surface area is 83.2 Å². The van der Waals surface area contributed by atoms with Crippen molar-refractivity contribution in [1.82, 2.24) is 0 Å². The summed E-state index contributed by atoms with van der Waals surface area (Å²) in [5.74, 6) is 0.696. The molecule has 0 aliphatic carbocycles. The van der Waals surface area contributed by atoms with E-state index in [2.05, 4.69) is 33.8 Å². The van der Waals surface area contributed by atoms with Gasteiger partial charge in [-0.25, -0.2) is 0 Å². The lowest BCUT2D eigenvalue weighted by atomic mass is 10.0. The largest absolute Gasteiger partial charge is 0.381 e. The summed E-state index contributed by atoms with van der Waals surface area (Å²) in [7, 11) is 0. The number of ether oxygens (including phenoxy) is 1. The van der Waals surface area contributed by atoms with Crippen LogP contribution in [0, 0.1) is 5.92 Å². The molecule has 0 bridgehead atoms. The molecule has 0 aromatic rings. The van der Waals surface area contributed by atoms with Gasteiger partial charge in [-0.15, -0.1) is 0 Å². The topological polar surface area (TPSA) is 9.23 Å². The van der Waals surface area contributed by atoms with Crippen LogP contribution in [0.15, 0.2) is 11.6 Å². The molecule has 0 rings (SSSR count). The van der Waals surface area contributed by atoms with Gasteiger partial charge < -0.3 is 4.74 Å². The predicted molar refractivity (Wildman–Crippen MR) is 58.9 cm³/mol. The zero-order valence-corrected chi connectivity index (χ0v) is 9.60. The third-order valence-electron chi connectivity index (χ3n) is 2.28. The number of hydrogen-bond acceptors (Lipinski definition) is 1. The van der Waals surface area contributed by atoms with Crippen molar-refractivity contribution in [3.05, 3.63) is 11.6 Å². The Morgan fingerprint density at radius 1 is 1.46 bits per heavy atom. The first-order valence-corrected chi connectivity index (χ1v) is 5.40. The van der Waals surface area contributed by atoms with Crippen LogP contribution < -0.4 is 0 Å². The average Bonchev–Trinajstić information content (AvgIpc) is 2.14. The maximum absolute atomic E-state index is 5.49. The van der Waals surface area contributed by atoms with E-state index in [0.717, 1.165) is 19.6 Å². The summed E-state index contributed by atoms with van der Waals surface area (Å²) in [6.07, 6.45) is 5.78. The molecule has 0 spiro atoms. The predicted octanol–water partition coefficient (Wildman–Crippen LogP) is 3.80. The lowest BCUT2D eigenvalue weighted by Crippen LogP contribution is -2.06. The Morgan fingerprint density at radius 2 is 2.15 bits per heavy atom. The molecule has 0 aliphatic heterocycles. The third kappa shape index (κ3) is 8.04. The van der Waals surface area contributed by atoms with E-state index in [9.17, 15) is 0 Å². The molecule has 1 nitrogen and oxygen atoms in total. The fraction of sp³-hybridized carbons (Fsp3) is 0.833. The summed E-state index contributed by atoms with van der Waals surface area (Å²) in [6.45, 7) is 10.5. The molecule has 0 aliphatic rings. The van der Waals surface area contributed by atoms with Gasteiger partial charge in [0.1, 0.15) is 0 Å². The number of allylic oxidation sites excluding steroid dienone is 2. The van der Waals surface area contributed by atoms with Gasteiger partial charge >= 0.3 is 0 Å². The Morgan fingerprint density at radius 3 is 2.69 bits per heavy atom. The molecule has 0 heterocycles. The second-order valence-electron chi connectivity index (χ2n) is 3.85. The third-order valence-corrected chi connectivity index (χ3v) is 2.28. The molecule has 78 valence electrons. The molecule has 13 heavy (non-hydrogen) atoms. The molecule has 0 saturated carbocycles. The molecule has 0 aromatic heterocycles. The van der Waals surface area contributed by atoms with Crippen LogP contribution in [0.4, 0.5) is 0 Å². The molecular weight excluding hydrogens is 160 g/mol. The monoisotopic (exact) mass is 184 g/mol. The average molecular weight is 184 g/mol. The molecule has 1 atom stereocenters. The zero-order valence-electron chi connectivity index (χ0n) is 9.60. The zero-order chi connectivity index (χ0) is 10.1. The van der Waals surface area contributed by atoms with Gasteiger partial charge in [-0.05, 0) is 39.0 Å². The van der Waals surface area contributed by atoms with Crippen LogP contribution in [0.25, 0.3) is 0 Å². The van der Waals surface area contributed by atoms with Crippen molar-refractivity contribution in [2.45, 2.75) is 47.0 Å². The van der Waals surface area contributed by atoms with Crippen LogP contribution in [0.3, 0.4) is 0 Å². The summed E-state index contributed by atoms with van der Waals surface area (Å²) >= 11 is 0. The Bertz CT molecular complexity index is 138. The molecule has 0 amide bonds. The van der Waals surface area contributed by atoms with Gasteiger partial charge in [0.15, 0.2) is 0 Å². The van der Waals surface area contributed by atoms with E-state index in [1.54, 1.807) is 0 Å². The minimum atomic E-state index is 0.696. The van der Waals surface area contributed by atoms with Crippen molar-refractivity contribution in [1.29, 1.82) is 0 Å².